The van der Waals surface area contributed by atoms with Crippen LogP contribution in [-0.4, -0.2) is 47.0 Å². The predicted octanol–water partition coefficient (Wildman–Crippen LogP) is 3.56. The Morgan fingerprint density at radius 3 is 2.69 bits per heavy atom. The Morgan fingerprint density at radius 1 is 1.23 bits per heavy atom. The van der Waals surface area contributed by atoms with E-state index in [1.54, 1.807) is 23.0 Å². The number of fused-ring (bicyclic) bond motifs is 1. The fraction of sp³-hybridized carbons (Fsp3) is 0.250. The molecule has 0 saturated carbocycles. The molecule has 2 N–H and O–H groups in total. The van der Waals surface area contributed by atoms with E-state index in [1.807, 2.05) is 32.3 Å². The van der Waals surface area contributed by atoms with Crippen molar-refractivity contribution in [3.05, 3.63) is 66.3 Å². The number of aromatic nitrogens is 2. The van der Waals surface area contributed by atoms with Gasteiger partial charge in [-0.25, -0.2) is 9.07 Å². The molecule has 0 atom stereocenters. The molecule has 0 saturated heterocycles. The highest BCUT2D eigenvalue weighted by atomic mass is 19.1. The first-order chi connectivity index (χ1) is 12.6. The van der Waals surface area contributed by atoms with Crippen LogP contribution in [0.5, 0.6) is 0 Å². The van der Waals surface area contributed by atoms with Crippen molar-refractivity contribution in [2.75, 3.05) is 27.2 Å². The molecule has 136 valence electrons. The van der Waals surface area contributed by atoms with Crippen LogP contribution in [0.3, 0.4) is 0 Å². The molecule has 2 aromatic carbocycles. The molecule has 5 nitrogen and oxygen atoms in total. The van der Waals surface area contributed by atoms with Crippen molar-refractivity contribution in [2.45, 2.75) is 6.42 Å². The van der Waals surface area contributed by atoms with Gasteiger partial charge in [0.15, 0.2) is 0 Å². The van der Waals surface area contributed by atoms with Crippen LogP contribution < -0.4 is 5.32 Å². The van der Waals surface area contributed by atoms with Crippen molar-refractivity contribution >= 4 is 16.6 Å². The van der Waals surface area contributed by atoms with Gasteiger partial charge >= 0.3 is 0 Å². The van der Waals surface area contributed by atoms with Gasteiger partial charge in [0, 0.05) is 17.5 Å². The quantitative estimate of drug-likeness (QED) is 0.503. The number of hydrogen-bond acceptors (Lipinski definition) is 4. The minimum absolute atomic E-state index is 0.279. The summed E-state index contributed by atoms with van der Waals surface area (Å²) in [4.78, 5) is 2.12. The molecule has 0 amide bonds. The molecule has 3 aromatic rings. The van der Waals surface area contributed by atoms with Crippen LogP contribution in [0.1, 0.15) is 12.0 Å². The molecular formula is C20H23FN4O. The first-order valence-electron chi connectivity index (χ1n) is 8.56. The molecule has 3 rings (SSSR count). The summed E-state index contributed by atoms with van der Waals surface area (Å²) in [7, 11) is 4.07. The van der Waals surface area contributed by atoms with Crippen molar-refractivity contribution in [3.63, 3.8) is 0 Å². The molecule has 0 aliphatic heterocycles. The Bertz CT molecular complexity index is 900. The van der Waals surface area contributed by atoms with E-state index in [-0.39, 0.29) is 5.82 Å². The van der Waals surface area contributed by atoms with Gasteiger partial charge in [-0.05, 0) is 57.4 Å². The van der Waals surface area contributed by atoms with Crippen LogP contribution in [0, 0.1) is 5.82 Å². The Kier molecular flexibility index (Phi) is 5.53. The number of aliphatic hydroxyl groups excluding tert-OH is 1. The summed E-state index contributed by atoms with van der Waals surface area (Å²) in [6.45, 7) is 1.73. The van der Waals surface area contributed by atoms with Crippen molar-refractivity contribution < 1.29 is 9.50 Å². The van der Waals surface area contributed by atoms with E-state index in [1.165, 1.54) is 12.1 Å². The van der Waals surface area contributed by atoms with Gasteiger partial charge < -0.3 is 15.3 Å². The standard InChI is InChI=1S/C20H23FN4O/c1-24(2)12-4-11-22-19(14-26)17-5-3-6-20-18(17)13-23-25(20)16-9-7-15(21)8-10-16/h3,5-10,13-14,22,26H,4,11-12H2,1-2H3/b19-14-. The second kappa shape index (κ2) is 8.01. The van der Waals surface area contributed by atoms with Gasteiger partial charge in [-0.3, -0.25) is 0 Å². The number of aliphatic hydroxyl groups is 1. The molecule has 0 spiro atoms. The molecular weight excluding hydrogens is 331 g/mol. The van der Waals surface area contributed by atoms with E-state index in [2.05, 4.69) is 15.3 Å². The predicted molar refractivity (Wildman–Crippen MR) is 103 cm³/mol. The number of benzene rings is 2. The smallest absolute Gasteiger partial charge is 0.123 e. The first-order valence-corrected chi connectivity index (χ1v) is 8.56. The van der Waals surface area contributed by atoms with E-state index in [0.717, 1.165) is 47.9 Å². The molecule has 26 heavy (non-hydrogen) atoms. The lowest BCUT2D eigenvalue weighted by Crippen LogP contribution is -2.20. The van der Waals surface area contributed by atoms with Gasteiger partial charge in [-0.1, -0.05) is 12.1 Å². The fourth-order valence-corrected chi connectivity index (χ4v) is 2.90. The summed E-state index contributed by atoms with van der Waals surface area (Å²) in [6.07, 6.45) is 3.83. The highest BCUT2D eigenvalue weighted by Crippen LogP contribution is 2.25. The summed E-state index contributed by atoms with van der Waals surface area (Å²) in [6, 6.07) is 12.0. The van der Waals surface area contributed by atoms with Crippen LogP contribution in [-0.2, 0) is 0 Å². The second-order valence-electron chi connectivity index (χ2n) is 6.40. The summed E-state index contributed by atoms with van der Waals surface area (Å²) in [5, 5.41) is 18.3. The SMILES string of the molecule is CN(C)CCCN/C(=C\O)c1cccc2c1cnn2-c1ccc(F)cc1. The molecule has 0 fully saturated rings. The third-order valence-corrected chi connectivity index (χ3v) is 4.20. The lowest BCUT2D eigenvalue weighted by Gasteiger charge is -2.13. The van der Waals surface area contributed by atoms with Crippen LogP contribution in [0.2, 0.25) is 0 Å². The zero-order valence-corrected chi connectivity index (χ0v) is 15.0. The molecule has 1 heterocycles. The number of nitrogens with zero attached hydrogens (tertiary/aromatic N) is 3. The van der Waals surface area contributed by atoms with E-state index in [9.17, 15) is 9.50 Å². The van der Waals surface area contributed by atoms with Gasteiger partial charge in [-0.2, -0.15) is 5.10 Å². The Hall–Kier alpha value is -2.86. The lowest BCUT2D eigenvalue weighted by molar-refractivity contribution is 0.399. The Labute approximate surface area is 152 Å². The van der Waals surface area contributed by atoms with Crippen LogP contribution >= 0.6 is 0 Å². The topological polar surface area (TPSA) is 53.3 Å². The maximum absolute atomic E-state index is 13.2. The lowest BCUT2D eigenvalue weighted by atomic mass is 10.1. The van der Waals surface area contributed by atoms with Crippen LogP contribution in [0.4, 0.5) is 4.39 Å². The van der Waals surface area contributed by atoms with E-state index >= 15 is 0 Å². The Balaban J connectivity index is 1.89. The van der Waals surface area contributed by atoms with Gasteiger partial charge in [0.05, 0.1) is 23.1 Å². The average molecular weight is 354 g/mol. The highest BCUT2D eigenvalue weighted by molar-refractivity contribution is 5.92. The van der Waals surface area contributed by atoms with Crippen LogP contribution in [0.25, 0.3) is 22.3 Å². The number of hydrogen-bond donors (Lipinski definition) is 2. The summed E-state index contributed by atoms with van der Waals surface area (Å²) < 4.78 is 14.9. The largest absolute Gasteiger partial charge is 0.513 e. The number of rotatable bonds is 7. The van der Waals surface area contributed by atoms with Gasteiger partial charge in [0.2, 0.25) is 0 Å². The average Bonchev–Trinajstić information content (AvgIpc) is 3.07. The van der Waals surface area contributed by atoms with Crippen LogP contribution in [0.15, 0.2) is 54.9 Å². The molecule has 0 unspecified atom stereocenters. The molecule has 0 aliphatic carbocycles. The molecule has 0 bridgehead atoms. The molecule has 0 radical (unpaired) electrons. The second-order valence-corrected chi connectivity index (χ2v) is 6.40. The van der Waals surface area contributed by atoms with Gasteiger partial charge in [0.1, 0.15) is 12.1 Å². The molecule has 0 aliphatic rings. The number of nitrogens with one attached hydrogen (secondary N) is 1. The van der Waals surface area contributed by atoms with E-state index < -0.39 is 0 Å². The Morgan fingerprint density at radius 2 is 2.00 bits per heavy atom. The van der Waals surface area contributed by atoms with Gasteiger partial charge in [-0.15, -0.1) is 0 Å². The third-order valence-electron chi connectivity index (χ3n) is 4.20. The number of halogens is 1. The summed E-state index contributed by atoms with van der Waals surface area (Å²) in [5.74, 6) is -0.279. The first kappa shape index (κ1) is 17.9. The monoisotopic (exact) mass is 354 g/mol. The van der Waals surface area contributed by atoms with Crippen molar-refractivity contribution in [1.29, 1.82) is 0 Å². The summed E-state index contributed by atoms with van der Waals surface area (Å²) in [5.41, 5.74) is 3.21. The molecule has 6 heteroatoms. The maximum Gasteiger partial charge on any atom is 0.123 e. The maximum atomic E-state index is 13.2. The van der Waals surface area contributed by atoms with Crippen molar-refractivity contribution in [1.82, 2.24) is 20.0 Å². The fourth-order valence-electron chi connectivity index (χ4n) is 2.90. The molecule has 1 aromatic heterocycles. The third kappa shape index (κ3) is 3.86. The minimum atomic E-state index is -0.279. The summed E-state index contributed by atoms with van der Waals surface area (Å²) >= 11 is 0. The van der Waals surface area contributed by atoms with Crippen molar-refractivity contribution in [3.8, 4) is 5.69 Å². The normalized spacial score (nSPS) is 12.1. The highest BCUT2D eigenvalue weighted by Gasteiger charge is 2.12. The van der Waals surface area contributed by atoms with Gasteiger partial charge in [0.25, 0.3) is 0 Å². The van der Waals surface area contributed by atoms with Crippen molar-refractivity contribution in [2.24, 2.45) is 0 Å². The zero-order chi connectivity index (χ0) is 18.5. The zero-order valence-electron chi connectivity index (χ0n) is 15.0. The van der Waals surface area contributed by atoms with E-state index in [0.29, 0.717) is 5.70 Å². The van der Waals surface area contributed by atoms with E-state index in [4.69, 9.17) is 0 Å². The minimum Gasteiger partial charge on any atom is -0.513 e.